The summed E-state index contributed by atoms with van der Waals surface area (Å²) in [7, 11) is 0. The maximum Gasteiger partial charge on any atom is 0.146 e. The molecule has 0 radical (unpaired) electrons. The minimum absolute atomic E-state index is 0.572. The van der Waals surface area contributed by atoms with Crippen molar-refractivity contribution in [2.75, 3.05) is 5.32 Å². The van der Waals surface area contributed by atoms with E-state index in [2.05, 4.69) is 70.0 Å². The first-order chi connectivity index (χ1) is 8.65. The van der Waals surface area contributed by atoms with E-state index in [1.165, 1.54) is 3.57 Å². The average Bonchev–Trinajstić information content (AvgIpc) is 2.73. The molecule has 0 aliphatic rings. The van der Waals surface area contributed by atoms with Crippen LogP contribution in [0.1, 0.15) is 19.7 Å². The number of nitrogens with zero attached hydrogens (tertiary/aromatic N) is 3. The quantitative estimate of drug-likeness (QED) is 0.837. The molecule has 0 atom stereocenters. The van der Waals surface area contributed by atoms with Crippen LogP contribution in [0.15, 0.2) is 30.6 Å². The fourth-order valence-corrected chi connectivity index (χ4v) is 2.25. The van der Waals surface area contributed by atoms with Gasteiger partial charge in [0.25, 0.3) is 0 Å². The van der Waals surface area contributed by atoms with Gasteiger partial charge in [-0.25, -0.2) is 9.67 Å². The lowest BCUT2D eigenvalue weighted by atomic mass is 10.2. The third kappa shape index (κ3) is 3.69. The third-order valence-corrected chi connectivity index (χ3v) is 3.18. The van der Waals surface area contributed by atoms with Gasteiger partial charge in [0.1, 0.15) is 12.2 Å². The highest BCUT2D eigenvalue weighted by Crippen LogP contribution is 2.13. The molecule has 1 aromatic heterocycles. The second kappa shape index (κ2) is 6.17. The fourth-order valence-electron chi connectivity index (χ4n) is 1.70. The predicted molar refractivity (Wildman–Crippen MR) is 81.3 cm³/mol. The lowest BCUT2D eigenvalue weighted by Crippen LogP contribution is -2.13. The van der Waals surface area contributed by atoms with Crippen molar-refractivity contribution in [1.29, 1.82) is 0 Å². The molecule has 0 spiro atoms. The Morgan fingerprint density at radius 1 is 1.39 bits per heavy atom. The number of rotatable bonds is 5. The van der Waals surface area contributed by atoms with Crippen molar-refractivity contribution in [3.63, 3.8) is 0 Å². The molecule has 0 fully saturated rings. The first-order valence-corrected chi connectivity index (χ1v) is 7.09. The van der Waals surface area contributed by atoms with Gasteiger partial charge in [0.05, 0.1) is 6.54 Å². The molecule has 0 bridgehead atoms. The van der Waals surface area contributed by atoms with Gasteiger partial charge in [-0.15, -0.1) is 0 Å². The molecule has 2 aromatic rings. The Balaban J connectivity index is 2.00. The maximum atomic E-state index is 4.29. The summed E-state index contributed by atoms with van der Waals surface area (Å²) in [6, 6.07) is 8.30. The Morgan fingerprint density at radius 3 is 2.94 bits per heavy atom. The molecule has 1 N–H and O–H groups in total. The SMILES string of the molecule is CC(C)Cn1ncnc1CNc1cccc(I)c1. The van der Waals surface area contributed by atoms with E-state index in [-0.39, 0.29) is 0 Å². The van der Waals surface area contributed by atoms with E-state index in [0.717, 1.165) is 18.1 Å². The monoisotopic (exact) mass is 356 g/mol. The van der Waals surface area contributed by atoms with Crippen LogP contribution in [-0.4, -0.2) is 14.8 Å². The van der Waals surface area contributed by atoms with E-state index >= 15 is 0 Å². The highest BCUT2D eigenvalue weighted by molar-refractivity contribution is 14.1. The van der Waals surface area contributed by atoms with E-state index in [4.69, 9.17) is 0 Å². The molecule has 0 amide bonds. The normalized spacial score (nSPS) is 10.9. The average molecular weight is 356 g/mol. The van der Waals surface area contributed by atoms with Crippen molar-refractivity contribution >= 4 is 28.3 Å². The van der Waals surface area contributed by atoms with Crippen LogP contribution < -0.4 is 5.32 Å². The molecule has 0 saturated heterocycles. The van der Waals surface area contributed by atoms with Crippen LogP contribution >= 0.6 is 22.6 Å². The molecule has 18 heavy (non-hydrogen) atoms. The minimum atomic E-state index is 0.572. The maximum absolute atomic E-state index is 4.29. The van der Waals surface area contributed by atoms with Gasteiger partial charge in [-0.3, -0.25) is 0 Å². The first kappa shape index (κ1) is 13.3. The summed E-state index contributed by atoms with van der Waals surface area (Å²) in [5, 5.41) is 7.62. The number of nitrogens with one attached hydrogen (secondary N) is 1. The highest BCUT2D eigenvalue weighted by Gasteiger charge is 2.05. The second-order valence-corrected chi connectivity index (χ2v) is 5.86. The lowest BCUT2D eigenvalue weighted by Gasteiger charge is -2.10. The summed E-state index contributed by atoms with van der Waals surface area (Å²) in [4.78, 5) is 4.29. The van der Waals surface area contributed by atoms with Crippen molar-refractivity contribution in [2.24, 2.45) is 5.92 Å². The zero-order valence-corrected chi connectivity index (χ0v) is 12.8. The van der Waals surface area contributed by atoms with Crippen molar-refractivity contribution in [1.82, 2.24) is 14.8 Å². The van der Waals surface area contributed by atoms with E-state index in [1.54, 1.807) is 6.33 Å². The van der Waals surface area contributed by atoms with Gasteiger partial charge in [-0.2, -0.15) is 5.10 Å². The van der Waals surface area contributed by atoms with Crippen LogP contribution in [0.4, 0.5) is 5.69 Å². The summed E-state index contributed by atoms with van der Waals surface area (Å²) in [5.41, 5.74) is 1.11. The summed E-state index contributed by atoms with van der Waals surface area (Å²) < 4.78 is 3.19. The van der Waals surface area contributed by atoms with Gasteiger partial charge in [0.15, 0.2) is 0 Å². The molecule has 1 aromatic carbocycles. The molecular weight excluding hydrogens is 339 g/mol. The van der Waals surface area contributed by atoms with E-state index in [9.17, 15) is 0 Å². The van der Waals surface area contributed by atoms with Crippen LogP contribution in [0.3, 0.4) is 0 Å². The van der Waals surface area contributed by atoms with Gasteiger partial charge in [0, 0.05) is 15.8 Å². The summed E-state index contributed by atoms with van der Waals surface area (Å²) >= 11 is 2.31. The van der Waals surface area contributed by atoms with Gasteiger partial charge < -0.3 is 5.32 Å². The molecule has 0 aliphatic heterocycles. The highest BCUT2D eigenvalue weighted by atomic mass is 127. The van der Waals surface area contributed by atoms with Crippen molar-refractivity contribution < 1.29 is 0 Å². The van der Waals surface area contributed by atoms with Crippen LogP contribution in [0.5, 0.6) is 0 Å². The molecule has 96 valence electrons. The van der Waals surface area contributed by atoms with E-state index in [1.807, 2.05) is 10.7 Å². The Kier molecular flexibility index (Phi) is 4.57. The van der Waals surface area contributed by atoms with Crippen LogP contribution in [0, 0.1) is 9.49 Å². The smallest absolute Gasteiger partial charge is 0.146 e. The summed E-state index contributed by atoms with van der Waals surface area (Å²) in [5.74, 6) is 1.55. The Labute approximate surface area is 121 Å². The zero-order valence-electron chi connectivity index (χ0n) is 10.6. The Morgan fingerprint density at radius 2 is 2.22 bits per heavy atom. The zero-order chi connectivity index (χ0) is 13.0. The van der Waals surface area contributed by atoms with Crippen LogP contribution in [0.25, 0.3) is 0 Å². The molecule has 0 aliphatic carbocycles. The van der Waals surface area contributed by atoms with Gasteiger partial charge in [0.2, 0.25) is 0 Å². The minimum Gasteiger partial charge on any atom is -0.378 e. The van der Waals surface area contributed by atoms with Crippen LogP contribution in [0.2, 0.25) is 0 Å². The molecule has 0 unspecified atom stereocenters. The van der Waals surface area contributed by atoms with Gasteiger partial charge in [-0.05, 0) is 46.7 Å². The lowest BCUT2D eigenvalue weighted by molar-refractivity contribution is 0.468. The van der Waals surface area contributed by atoms with Gasteiger partial charge >= 0.3 is 0 Å². The molecular formula is C13H17IN4. The number of hydrogen-bond donors (Lipinski definition) is 1. The first-order valence-electron chi connectivity index (χ1n) is 6.01. The summed E-state index contributed by atoms with van der Waals surface area (Å²) in [6.07, 6.45) is 1.62. The van der Waals surface area contributed by atoms with Crippen molar-refractivity contribution in [3.8, 4) is 0 Å². The van der Waals surface area contributed by atoms with Crippen molar-refractivity contribution in [2.45, 2.75) is 26.9 Å². The topological polar surface area (TPSA) is 42.7 Å². The standard InChI is InChI=1S/C13H17IN4/c1-10(2)8-18-13(16-9-17-18)7-15-12-5-3-4-11(14)6-12/h3-6,9-10,15H,7-8H2,1-2H3. The van der Waals surface area contributed by atoms with Gasteiger partial charge in [-0.1, -0.05) is 19.9 Å². The molecule has 1 heterocycles. The Bertz CT molecular complexity index is 507. The molecule has 4 nitrogen and oxygen atoms in total. The largest absolute Gasteiger partial charge is 0.378 e. The number of hydrogen-bond acceptors (Lipinski definition) is 3. The summed E-state index contributed by atoms with van der Waals surface area (Å²) in [6.45, 7) is 5.97. The molecule has 0 saturated carbocycles. The molecule has 2 rings (SSSR count). The Hall–Kier alpha value is -1.11. The van der Waals surface area contributed by atoms with Crippen LogP contribution in [-0.2, 0) is 13.1 Å². The number of halogens is 1. The van der Waals surface area contributed by atoms with E-state index < -0.39 is 0 Å². The van der Waals surface area contributed by atoms with E-state index in [0.29, 0.717) is 12.5 Å². The van der Waals surface area contributed by atoms with Crippen molar-refractivity contribution in [3.05, 3.63) is 40.0 Å². The third-order valence-electron chi connectivity index (χ3n) is 2.51. The predicted octanol–water partition coefficient (Wildman–Crippen LogP) is 3.15. The fraction of sp³-hybridized carbons (Fsp3) is 0.385. The molecule has 5 heteroatoms. The number of benzene rings is 1. The second-order valence-electron chi connectivity index (χ2n) is 4.62. The number of aromatic nitrogens is 3. The number of anilines is 1.